The average molecular weight is 319 g/mol. The molecule has 0 fully saturated rings. The van der Waals surface area contributed by atoms with Crippen molar-refractivity contribution < 1.29 is 23.9 Å². The van der Waals surface area contributed by atoms with E-state index in [1.807, 2.05) is 0 Å². The zero-order valence-electron chi connectivity index (χ0n) is 9.18. The van der Waals surface area contributed by atoms with Gasteiger partial charge in [0.05, 0.1) is 0 Å². The smallest absolute Gasteiger partial charge is 0.326 e. The van der Waals surface area contributed by atoms with E-state index in [2.05, 4.69) is 21.2 Å². The maximum atomic E-state index is 11.6. The van der Waals surface area contributed by atoms with Crippen molar-refractivity contribution in [1.29, 1.82) is 0 Å². The van der Waals surface area contributed by atoms with E-state index in [9.17, 15) is 14.4 Å². The van der Waals surface area contributed by atoms with Crippen LogP contribution in [0.4, 0.5) is 0 Å². The number of carbonyl (C=O) groups is 3. The van der Waals surface area contributed by atoms with Gasteiger partial charge in [0, 0.05) is 6.42 Å². The maximum absolute atomic E-state index is 11.6. The number of carboxylic acids is 1. The normalized spacial score (nSPS) is 11.8. The summed E-state index contributed by atoms with van der Waals surface area (Å²) in [6, 6.07) is 1.72. The van der Waals surface area contributed by atoms with Gasteiger partial charge in [-0.25, -0.2) is 4.79 Å². The summed E-state index contributed by atoms with van der Waals surface area (Å²) in [5, 5.41) is 11.1. The van der Waals surface area contributed by atoms with E-state index in [1.54, 1.807) is 0 Å². The topological polar surface area (TPSA) is 123 Å². The molecule has 0 aromatic carbocycles. The molecule has 0 saturated heterocycles. The first kappa shape index (κ1) is 14.2. The molecule has 1 rings (SSSR count). The molecule has 0 aliphatic heterocycles. The Morgan fingerprint density at radius 2 is 2.11 bits per heavy atom. The summed E-state index contributed by atoms with van der Waals surface area (Å²) in [4.78, 5) is 33.1. The van der Waals surface area contributed by atoms with Crippen LogP contribution in [0.5, 0.6) is 0 Å². The fraction of sp³-hybridized carbons (Fsp3) is 0.300. The molecule has 7 nitrogen and oxygen atoms in total. The molecule has 0 saturated carbocycles. The number of carbonyl (C=O) groups excluding carboxylic acids is 2. The molecule has 0 spiro atoms. The van der Waals surface area contributed by atoms with Crippen molar-refractivity contribution in [1.82, 2.24) is 5.32 Å². The van der Waals surface area contributed by atoms with Crippen LogP contribution in [0.15, 0.2) is 21.2 Å². The van der Waals surface area contributed by atoms with Crippen LogP contribution in [-0.4, -0.2) is 28.9 Å². The van der Waals surface area contributed by atoms with Crippen molar-refractivity contribution >= 4 is 33.7 Å². The SMILES string of the molecule is NC(=O)CCC(NC(=O)c1ccc(Br)o1)C(=O)O. The number of nitrogens with two attached hydrogens (primary N) is 1. The highest BCUT2D eigenvalue weighted by Gasteiger charge is 2.22. The van der Waals surface area contributed by atoms with Gasteiger partial charge in [-0.05, 0) is 34.5 Å². The third-order valence-electron chi connectivity index (χ3n) is 2.08. The van der Waals surface area contributed by atoms with E-state index in [1.165, 1.54) is 12.1 Å². The van der Waals surface area contributed by atoms with Gasteiger partial charge in [0.15, 0.2) is 10.4 Å². The first-order chi connectivity index (χ1) is 8.40. The van der Waals surface area contributed by atoms with Gasteiger partial charge >= 0.3 is 5.97 Å². The molecule has 4 N–H and O–H groups in total. The molecule has 18 heavy (non-hydrogen) atoms. The van der Waals surface area contributed by atoms with Crippen LogP contribution in [0.3, 0.4) is 0 Å². The van der Waals surface area contributed by atoms with Crippen LogP contribution < -0.4 is 11.1 Å². The number of aliphatic carboxylic acids is 1. The Morgan fingerprint density at radius 3 is 2.56 bits per heavy atom. The molecule has 1 unspecified atom stereocenters. The Hall–Kier alpha value is -1.83. The lowest BCUT2D eigenvalue weighted by molar-refractivity contribution is -0.139. The monoisotopic (exact) mass is 318 g/mol. The molecule has 8 heteroatoms. The fourth-order valence-electron chi connectivity index (χ4n) is 1.21. The van der Waals surface area contributed by atoms with Crippen LogP contribution in [0.1, 0.15) is 23.4 Å². The predicted molar refractivity (Wildman–Crippen MR) is 63.7 cm³/mol. The summed E-state index contributed by atoms with van der Waals surface area (Å²) in [7, 11) is 0. The molecule has 1 aromatic heterocycles. The summed E-state index contributed by atoms with van der Waals surface area (Å²) in [5.41, 5.74) is 4.92. The minimum atomic E-state index is -1.24. The number of primary amides is 1. The quantitative estimate of drug-likeness (QED) is 0.704. The Morgan fingerprint density at radius 1 is 1.44 bits per heavy atom. The van der Waals surface area contributed by atoms with Gasteiger partial charge in [-0.15, -0.1) is 0 Å². The van der Waals surface area contributed by atoms with Crippen molar-refractivity contribution in [3.05, 3.63) is 22.6 Å². The van der Waals surface area contributed by atoms with E-state index in [4.69, 9.17) is 15.3 Å². The van der Waals surface area contributed by atoms with E-state index >= 15 is 0 Å². The van der Waals surface area contributed by atoms with Crippen molar-refractivity contribution in [2.75, 3.05) is 0 Å². The van der Waals surface area contributed by atoms with E-state index < -0.39 is 23.8 Å². The first-order valence-corrected chi connectivity index (χ1v) is 5.76. The first-order valence-electron chi connectivity index (χ1n) is 4.97. The largest absolute Gasteiger partial charge is 0.480 e. The number of hydrogen-bond acceptors (Lipinski definition) is 4. The number of nitrogens with one attached hydrogen (secondary N) is 1. The molecule has 1 heterocycles. The van der Waals surface area contributed by atoms with E-state index in [0.717, 1.165) is 0 Å². The van der Waals surface area contributed by atoms with Crippen LogP contribution in [0.25, 0.3) is 0 Å². The lowest BCUT2D eigenvalue weighted by Gasteiger charge is -2.12. The molecule has 1 atom stereocenters. The highest BCUT2D eigenvalue weighted by molar-refractivity contribution is 9.10. The van der Waals surface area contributed by atoms with E-state index in [0.29, 0.717) is 4.67 Å². The third-order valence-corrected chi connectivity index (χ3v) is 2.51. The van der Waals surface area contributed by atoms with Gasteiger partial charge in [0.25, 0.3) is 5.91 Å². The maximum Gasteiger partial charge on any atom is 0.326 e. The molecule has 0 aliphatic carbocycles. The highest BCUT2D eigenvalue weighted by Crippen LogP contribution is 2.14. The lowest BCUT2D eigenvalue weighted by Crippen LogP contribution is -2.41. The Kier molecular flexibility index (Phi) is 4.90. The van der Waals surface area contributed by atoms with Gasteiger partial charge in [-0.2, -0.15) is 0 Å². The molecule has 98 valence electrons. The standard InChI is InChI=1S/C10H11BrN2O5/c11-7-3-2-6(18-7)9(15)13-5(10(16)17)1-4-8(12)14/h2-3,5H,1,4H2,(H2,12,14)(H,13,15)(H,16,17). The molecular formula is C10H11BrN2O5. The van der Waals surface area contributed by atoms with Crippen molar-refractivity contribution in [3.8, 4) is 0 Å². The molecule has 0 bridgehead atoms. The number of carboxylic acid groups (broad SMARTS) is 1. The van der Waals surface area contributed by atoms with Crippen molar-refractivity contribution in [3.63, 3.8) is 0 Å². The Bertz CT molecular complexity index is 471. The molecule has 1 aromatic rings. The lowest BCUT2D eigenvalue weighted by atomic mass is 10.1. The van der Waals surface area contributed by atoms with Gasteiger partial charge in [-0.3, -0.25) is 9.59 Å². The second-order valence-corrected chi connectivity index (χ2v) is 4.25. The number of furan rings is 1. The zero-order valence-corrected chi connectivity index (χ0v) is 10.8. The predicted octanol–water partition coefficient (Wildman–Crippen LogP) is 0.491. The van der Waals surface area contributed by atoms with Crippen molar-refractivity contribution in [2.24, 2.45) is 5.73 Å². The van der Waals surface area contributed by atoms with Crippen LogP contribution in [-0.2, 0) is 9.59 Å². The Labute approximate surface area is 110 Å². The number of halogens is 1. The second-order valence-electron chi connectivity index (χ2n) is 3.47. The summed E-state index contributed by atoms with van der Waals surface area (Å²) in [6.45, 7) is 0. The van der Waals surface area contributed by atoms with Crippen LogP contribution >= 0.6 is 15.9 Å². The number of amides is 2. The van der Waals surface area contributed by atoms with E-state index in [-0.39, 0.29) is 18.6 Å². The molecule has 2 amide bonds. The summed E-state index contributed by atoms with van der Waals surface area (Å²) < 4.78 is 5.33. The minimum Gasteiger partial charge on any atom is -0.480 e. The van der Waals surface area contributed by atoms with Crippen LogP contribution in [0.2, 0.25) is 0 Å². The minimum absolute atomic E-state index is 0.0211. The average Bonchev–Trinajstić information content (AvgIpc) is 2.70. The van der Waals surface area contributed by atoms with Gasteiger partial charge < -0.3 is 20.6 Å². The molecular weight excluding hydrogens is 308 g/mol. The Balaban J connectivity index is 2.63. The zero-order chi connectivity index (χ0) is 13.7. The van der Waals surface area contributed by atoms with Crippen molar-refractivity contribution in [2.45, 2.75) is 18.9 Å². The van der Waals surface area contributed by atoms with Gasteiger partial charge in [0.2, 0.25) is 5.91 Å². The molecule has 0 aliphatic rings. The third kappa shape index (κ3) is 4.21. The second kappa shape index (κ2) is 6.20. The summed E-state index contributed by atoms with van der Waals surface area (Å²) >= 11 is 3.02. The number of hydrogen-bond donors (Lipinski definition) is 3. The number of rotatable bonds is 6. The summed E-state index contributed by atoms with van der Waals surface area (Å²) in [6.07, 6.45) is -0.197. The van der Waals surface area contributed by atoms with Gasteiger partial charge in [0.1, 0.15) is 6.04 Å². The van der Waals surface area contributed by atoms with Crippen LogP contribution in [0, 0.1) is 0 Å². The fourth-order valence-corrected chi connectivity index (χ4v) is 1.52. The molecule has 0 radical (unpaired) electrons. The van der Waals surface area contributed by atoms with Gasteiger partial charge in [-0.1, -0.05) is 0 Å². The highest BCUT2D eigenvalue weighted by atomic mass is 79.9. The summed E-state index contributed by atoms with van der Waals surface area (Å²) in [5.74, 6) is -2.56.